The summed E-state index contributed by atoms with van der Waals surface area (Å²) < 4.78 is 0. The zero-order valence-corrected chi connectivity index (χ0v) is 6.03. The molecule has 0 aromatic carbocycles. The maximum Gasteiger partial charge on any atom is 0.0833 e. The molecule has 0 heterocycles. The molecule has 4 atom stereocenters. The second-order valence-corrected chi connectivity index (χ2v) is 3.59. The van der Waals surface area contributed by atoms with Crippen LogP contribution in [0.15, 0.2) is 0 Å². The monoisotopic (exact) mass is 142 g/mol. The van der Waals surface area contributed by atoms with Crippen LogP contribution in [0.5, 0.6) is 0 Å². The molecule has 2 aliphatic carbocycles. The Hall–Kier alpha value is -0.0800. The molecule has 2 saturated carbocycles. The second kappa shape index (κ2) is 2.21. The van der Waals surface area contributed by atoms with E-state index in [0.29, 0.717) is 11.8 Å². The lowest BCUT2D eigenvalue weighted by molar-refractivity contribution is -0.168. The van der Waals surface area contributed by atoms with Gasteiger partial charge in [-0.15, -0.1) is 0 Å². The lowest BCUT2D eigenvalue weighted by atomic mass is 9.61. The Kier molecular flexibility index (Phi) is 1.46. The van der Waals surface area contributed by atoms with E-state index in [1.165, 1.54) is 12.8 Å². The number of hydrogen-bond donors (Lipinski definition) is 2. The van der Waals surface area contributed by atoms with Gasteiger partial charge in [-0.2, -0.15) is 0 Å². The standard InChI is InChI=1S/C8H14O2/c9-7-5-3-1-2-4-6(5)8(7)10/h5-10H,1-4H2/t5-,6-,7-,8+/m0/s1. The van der Waals surface area contributed by atoms with Crippen LogP contribution in [0.2, 0.25) is 0 Å². The number of rotatable bonds is 0. The van der Waals surface area contributed by atoms with E-state index < -0.39 is 12.2 Å². The average molecular weight is 142 g/mol. The smallest absolute Gasteiger partial charge is 0.0833 e. The van der Waals surface area contributed by atoms with Crippen LogP contribution in [0.25, 0.3) is 0 Å². The van der Waals surface area contributed by atoms with Crippen molar-refractivity contribution in [2.75, 3.05) is 0 Å². The third-order valence-corrected chi connectivity index (χ3v) is 3.10. The van der Waals surface area contributed by atoms with E-state index in [1.807, 2.05) is 0 Å². The van der Waals surface area contributed by atoms with Crippen molar-refractivity contribution in [3.05, 3.63) is 0 Å². The molecule has 0 aliphatic heterocycles. The van der Waals surface area contributed by atoms with Gasteiger partial charge in [0.2, 0.25) is 0 Å². The first-order chi connectivity index (χ1) is 4.80. The van der Waals surface area contributed by atoms with Crippen molar-refractivity contribution >= 4 is 0 Å². The van der Waals surface area contributed by atoms with Crippen LogP contribution >= 0.6 is 0 Å². The topological polar surface area (TPSA) is 40.5 Å². The van der Waals surface area contributed by atoms with Crippen molar-refractivity contribution in [1.82, 2.24) is 0 Å². The van der Waals surface area contributed by atoms with Crippen LogP contribution in [-0.2, 0) is 0 Å². The minimum absolute atomic E-state index is 0.398. The molecule has 0 radical (unpaired) electrons. The highest BCUT2D eigenvalue weighted by molar-refractivity contribution is 4.98. The lowest BCUT2D eigenvalue weighted by Gasteiger charge is -2.49. The van der Waals surface area contributed by atoms with Crippen molar-refractivity contribution in [2.24, 2.45) is 11.8 Å². The molecule has 2 rings (SSSR count). The summed E-state index contributed by atoms with van der Waals surface area (Å²) in [6.07, 6.45) is 3.94. The van der Waals surface area contributed by atoms with Crippen molar-refractivity contribution in [3.8, 4) is 0 Å². The van der Waals surface area contributed by atoms with E-state index in [1.54, 1.807) is 0 Å². The highest BCUT2D eigenvalue weighted by atomic mass is 16.3. The summed E-state index contributed by atoms with van der Waals surface area (Å²) in [5.74, 6) is 0.868. The van der Waals surface area contributed by atoms with Gasteiger partial charge in [-0.05, 0) is 24.7 Å². The van der Waals surface area contributed by atoms with Crippen molar-refractivity contribution in [3.63, 3.8) is 0 Å². The molecular formula is C8H14O2. The van der Waals surface area contributed by atoms with E-state index in [2.05, 4.69) is 0 Å². The van der Waals surface area contributed by atoms with Gasteiger partial charge in [0.15, 0.2) is 0 Å². The zero-order chi connectivity index (χ0) is 7.14. The van der Waals surface area contributed by atoms with Gasteiger partial charge in [-0.25, -0.2) is 0 Å². The summed E-state index contributed by atoms with van der Waals surface area (Å²) in [6.45, 7) is 0. The molecule has 0 saturated heterocycles. The average Bonchev–Trinajstić information content (AvgIpc) is 2.03. The van der Waals surface area contributed by atoms with E-state index >= 15 is 0 Å². The maximum atomic E-state index is 9.26. The molecule has 0 aromatic rings. The first-order valence-corrected chi connectivity index (χ1v) is 4.17. The molecule has 2 N–H and O–H groups in total. The third kappa shape index (κ3) is 0.722. The van der Waals surface area contributed by atoms with Gasteiger partial charge in [0.05, 0.1) is 12.2 Å². The van der Waals surface area contributed by atoms with Crippen LogP contribution in [0.1, 0.15) is 25.7 Å². The van der Waals surface area contributed by atoms with Gasteiger partial charge in [0.25, 0.3) is 0 Å². The predicted molar refractivity (Wildman–Crippen MR) is 37.5 cm³/mol. The molecule has 10 heavy (non-hydrogen) atoms. The van der Waals surface area contributed by atoms with Crippen LogP contribution in [0.3, 0.4) is 0 Å². The molecule has 2 nitrogen and oxygen atoms in total. The van der Waals surface area contributed by atoms with Crippen LogP contribution in [0.4, 0.5) is 0 Å². The Labute approximate surface area is 60.9 Å². The fraction of sp³-hybridized carbons (Fsp3) is 1.00. The van der Waals surface area contributed by atoms with Crippen molar-refractivity contribution < 1.29 is 10.2 Å². The molecular weight excluding hydrogens is 128 g/mol. The number of hydrogen-bond acceptors (Lipinski definition) is 2. The minimum Gasteiger partial charge on any atom is -0.390 e. The van der Waals surface area contributed by atoms with Gasteiger partial charge in [0.1, 0.15) is 0 Å². The zero-order valence-electron chi connectivity index (χ0n) is 6.03. The number of fused-ring (bicyclic) bond motifs is 1. The summed E-state index contributed by atoms with van der Waals surface area (Å²) in [4.78, 5) is 0. The first kappa shape index (κ1) is 6.62. The van der Waals surface area contributed by atoms with Crippen LogP contribution < -0.4 is 0 Å². The minimum atomic E-state index is -0.398. The quantitative estimate of drug-likeness (QED) is 0.518. The second-order valence-electron chi connectivity index (χ2n) is 3.59. The molecule has 0 aromatic heterocycles. The Balaban J connectivity index is 2.00. The Morgan fingerprint density at radius 1 is 0.800 bits per heavy atom. The summed E-state index contributed by atoms with van der Waals surface area (Å²) >= 11 is 0. The Bertz CT molecular complexity index is 119. The van der Waals surface area contributed by atoms with E-state index in [9.17, 15) is 10.2 Å². The molecule has 2 heteroatoms. The van der Waals surface area contributed by atoms with Gasteiger partial charge in [0, 0.05) is 0 Å². The maximum absolute atomic E-state index is 9.26. The van der Waals surface area contributed by atoms with Crippen LogP contribution in [0, 0.1) is 11.8 Å². The Morgan fingerprint density at radius 3 is 1.60 bits per heavy atom. The summed E-state index contributed by atoms with van der Waals surface area (Å²) in [7, 11) is 0. The highest BCUT2D eigenvalue weighted by Crippen LogP contribution is 2.44. The normalized spacial score (nSPS) is 53.4. The molecule has 0 bridgehead atoms. The number of aliphatic hydroxyl groups is 2. The molecule has 2 aliphatic rings. The largest absolute Gasteiger partial charge is 0.390 e. The van der Waals surface area contributed by atoms with Gasteiger partial charge >= 0.3 is 0 Å². The van der Waals surface area contributed by atoms with Gasteiger partial charge < -0.3 is 10.2 Å². The molecule has 0 amide bonds. The van der Waals surface area contributed by atoms with Crippen molar-refractivity contribution in [2.45, 2.75) is 37.9 Å². The van der Waals surface area contributed by atoms with Gasteiger partial charge in [-0.3, -0.25) is 0 Å². The Morgan fingerprint density at radius 2 is 1.20 bits per heavy atom. The summed E-state index contributed by atoms with van der Waals surface area (Å²) in [5.41, 5.74) is 0. The predicted octanol–water partition coefficient (Wildman–Crippen LogP) is 0.528. The van der Waals surface area contributed by atoms with Crippen LogP contribution in [-0.4, -0.2) is 22.4 Å². The molecule has 58 valence electrons. The van der Waals surface area contributed by atoms with E-state index in [0.717, 1.165) is 12.8 Å². The molecule has 0 unspecified atom stereocenters. The highest BCUT2D eigenvalue weighted by Gasteiger charge is 2.48. The van der Waals surface area contributed by atoms with E-state index in [4.69, 9.17) is 0 Å². The molecule has 0 spiro atoms. The summed E-state index contributed by atoms with van der Waals surface area (Å²) in [5, 5.41) is 18.5. The van der Waals surface area contributed by atoms with Gasteiger partial charge in [-0.1, -0.05) is 12.8 Å². The fourth-order valence-corrected chi connectivity index (χ4v) is 2.40. The SMILES string of the molecule is O[C@@H]1[C@H](O)[C@H]2CCCC[C@H]12. The first-order valence-electron chi connectivity index (χ1n) is 4.17. The lowest BCUT2D eigenvalue weighted by Crippen LogP contribution is -2.56. The van der Waals surface area contributed by atoms with E-state index in [-0.39, 0.29) is 0 Å². The summed E-state index contributed by atoms with van der Waals surface area (Å²) in [6, 6.07) is 0. The third-order valence-electron chi connectivity index (χ3n) is 3.10. The number of aliphatic hydroxyl groups excluding tert-OH is 2. The molecule has 2 fully saturated rings. The fourth-order valence-electron chi connectivity index (χ4n) is 2.40. The van der Waals surface area contributed by atoms with Crippen molar-refractivity contribution in [1.29, 1.82) is 0 Å².